The molecule has 1 N–H and O–H groups in total. The molecule has 0 amide bonds. The maximum Gasteiger partial charge on any atom is 0.231 e. The lowest BCUT2D eigenvalue weighted by molar-refractivity contribution is 0.174. The van der Waals surface area contributed by atoms with Crippen LogP contribution in [0.4, 0.5) is 0 Å². The Bertz CT molecular complexity index is 1450. The van der Waals surface area contributed by atoms with Gasteiger partial charge in [-0.3, -0.25) is 4.79 Å². The zero-order valence-electron chi connectivity index (χ0n) is 17.4. The fraction of sp³-hybridized carbons (Fsp3) is 0.115. The molecule has 31 heavy (non-hydrogen) atoms. The lowest BCUT2D eigenvalue weighted by Gasteiger charge is -2.06. The molecule has 5 nitrogen and oxygen atoms in total. The van der Waals surface area contributed by atoms with E-state index in [9.17, 15) is 4.79 Å². The number of benzene rings is 3. The molecule has 1 aliphatic heterocycles. The van der Waals surface area contributed by atoms with E-state index in [1.807, 2.05) is 78.5 Å². The van der Waals surface area contributed by atoms with Crippen molar-refractivity contribution in [2.45, 2.75) is 6.92 Å². The van der Waals surface area contributed by atoms with E-state index in [1.54, 1.807) is 0 Å². The number of H-pyrrole nitrogens is 1. The van der Waals surface area contributed by atoms with Crippen LogP contribution in [0.5, 0.6) is 11.5 Å². The van der Waals surface area contributed by atoms with Crippen LogP contribution in [0.3, 0.4) is 0 Å². The van der Waals surface area contributed by atoms with Crippen molar-refractivity contribution in [3.63, 3.8) is 0 Å². The molecule has 5 aromatic rings. The highest BCUT2D eigenvalue weighted by Crippen LogP contribution is 2.37. The molecule has 0 bridgehead atoms. The quantitative estimate of drug-likeness (QED) is 0.402. The average molecular weight is 410 g/mol. The standard InChI is InChI=1S/C19H14N2O3.C7H8/c1-21-9-13-17(20-14-5-3-2-4-12(14)19(13)22)18(21)11-6-7-15-16(8-11)24-10-23-15;1-7-5-3-2-4-6-7/h2-9,20H,10H2,1H3;2-6H,1H3. The molecule has 0 atom stereocenters. The van der Waals surface area contributed by atoms with Crippen LogP contribution in [-0.2, 0) is 7.05 Å². The van der Waals surface area contributed by atoms with E-state index in [2.05, 4.69) is 24.0 Å². The topological polar surface area (TPSA) is 56.2 Å². The van der Waals surface area contributed by atoms with E-state index >= 15 is 0 Å². The first kappa shape index (κ1) is 19.0. The molecule has 6 rings (SSSR count). The van der Waals surface area contributed by atoms with Gasteiger partial charge in [0.25, 0.3) is 0 Å². The van der Waals surface area contributed by atoms with Gasteiger partial charge in [0.1, 0.15) is 0 Å². The Hall–Kier alpha value is -3.99. The maximum atomic E-state index is 12.8. The van der Waals surface area contributed by atoms with Crippen LogP contribution in [0.1, 0.15) is 5.56 Å². The molecule has 0 saturated heterocycles. The van der Waals surface area contributed by atoms with E-state index in [-0.39, 0.29) is 12.2 Å². The molecule has 2 aromatic heterocycles. The first-order chi connectivity index (χ1) is 15.1. The molecular formula is C26H22N2O3. The molecule has 0 unspecified atom stereocenters. The molecule has 1 aliphatic rings. The number of aryl methyl sites for hydroxylation is 2. The summed E-state index contributed by atoms with van der Waals surface area (Å²) >= 11 is 0. The Balaban J connectivity index is 0.000000250. The van der Waals surface area contributed by atoms with Crippen molar-refractivity contribution in [3.05, 3.63) is 94.8 Å². The summed E-state index contributed by atoms with van der Waals surface area (Å²) < 4.78 is 12.8. The molecule has 5 heteroatoms. The summed E-state index contributed by atoms with van der Waals surface area (Å²) in [6.07, 6.45) is 1.88. The summed E-state index contributed by atoms with van der Waals surface area (Å²) in [5.41, 5.74) is 4.96. The van der Waals surface area contributed by atoms with Gasteiger partial charge in [-0.1, -0.05) is 48.0 Å². The van der Waals surface area contributed by atoms with E-state index < -0.39 is 0 Å². The molecular weight excluding hydrogens is 388 g/mol. The fourth-order valence-electron chi connectivity index (χ4n) is 3.92. The summed E-state index contributed by atoms with van der Waals surface area (Å²) in [5, 5.41) is 1.39. The number of hydrogen-bond donors (Lipinski definition) is 1. The predicted molar refractivity (Wildman–Crippen MR) is 124 cm³/mol. The third-order valence-corrected chi connectivity index (χ3v) is 5.44. The van der Waals surface area contributed by atoms with E-state index in [0.29, 0.717) is 10.8 Å². The molecule has 3 heterocycles. The van der Waals surface area contributed by atoms with Crippen molar-refractivity contribution in [2.24, 2.45) is 7.05 Å². The van der Waals surface area contributed by atoms with Crippen molar-refractivity contribution in [2.75, 3.05) is 6.79 Å². The second-order valence-electron chi connectivity index (χ2n) is 7.60. The van der Waals surface area contributed by atoms with Gasteiger partial charge in [-0.2, -0.15) is 0 Å². The highest BCUT2D eigenvalue weighted by molar-refractivity contribution is 5.99. The highest BCUT2D eigenvalue weighted by Gasteiger charge is 2.18. The van der Waals surface area contributed by atoms with Crippen molar-refractivity contribution in [3.8, 4) is 22.8 Å². The van der Waals surface area contributed by atoms with E-state index in [4.69, 9.17) is 9.47 Å². The monoisotopic (exact) mass is 410 g/mol. The number of aromatic nitrogens is 2. The number of rotatable bonds is 1. The van der Waals surface area contributed by atoms with Gasteiger partial charge in [-0.05, 0) is 37.3 Å². The number of para-hydroxylation sites is 1. The summed E-state index contributed by atoms with van der Waals surface area (Å²) in [5.74, 6) is 1.47. The zero-order valence-corrected chi connectivity index (χ0v) is 17.4. The lowest BCUT2D eigenvalue weighted by Crippen LogP contribution is -2.02. The van der Waals surface area contributed by atoms with Crippen LogP contribution in [0.25, 0.3) is 33.1 Å². The first-order valence-electron chi connectivity index (χ1n) is 10.1. The molecule has 0 fully saturated rings. The minimum Gasteiger partial charge on any atom is -0.454 e. The van der Waals surface area contributed by atoms with E-state index in [0.717, 1.165) is 33.8 Å². The van der Waals surface area contributed by atoms with Crippen molar-refractivity contribution in [1.29, 1.82) is 0 Å². The highest BCUT2D eigenvalue weighted by atomic mass is 16.7. The number of fused-ring (bicyclic) bond motifs is 3. The Morgan fingerprint density at radius 1 is 0.871 bits per heavy atom. The number of pyridine rings is 1. The number of nitrogens with one attached hydrogen (secondary N) is 1. The second-order valence-corrected chi connectivity index (χ2v) is 7.60. The van der Waals surface area contributed by atoms with Crippen molar-refractivity contribution in [1.82, 2.24) is 9.55 Å². The van der Waals surface area contributed by atoms with Gasteiger partial charge in [-0.15, -0.1) is 0 Å². The minimum atomic E-state index is 0.0435. The smallest absolute Gasteiger partial charge is 0.231 e. The normalized spacial score (nSPS) is 12.1. The summed E-state index contributed by atoms with van der Waals surface area (Å²) in [4.78, 5) is 16.2. The summed E-state index contributed by atoms with van der Waals surface area (Å²) in [6, 6.07) is 23.7. The minimum absolute atomic E-state index is 0.0435. The van der Waals surface area contributed by atoms with Crippen molar-refractivity contribution >= 4 is 21.8 Å². The molecule has 0 spiro atoms. The van der Waals surface area contributed by atoms with Crippen molar-refractivity contribution < 1.29 is 9.47 Å². The van der Waals surface area contributed by atoms with Crippen LogP contribution in [0.2, 0.25) is 0 Å². The summed E-state index contributed by atoms with van der Waals surface area (Å²) in [6.45, 7) is 2.33. The van der Waals surface area contributed by atoms with Crippen LogP contribution in [-0.4, -0.2) is 16.3 Å². The Labute approximate surface area is 179 Å². The van der Waals surface area contributed by atoms with Crippen LogP contribution < -0.4 is 14.9 Å². The third-order valence-electron chi connectivity index (χ3n) is 5.44. The average Bonchev–Trinajstić information content (AvgIpc) is 3.38. The largest absolute Gasteiger partial charge is 0.454 e. The van der Waals surface area contributed by atoms with Gasteiger partial charge >= 0.3 is 0 Å². The first-order valence-corrected chi connectivity index (χ1v) is 10.1. The zero-order chi connectivity index (χ0) is 21.4. The Kier molecular flexibility index (Phi) is 4.71. The van der Waals surface area contributed by atoms with Gasteiger partial charge in [0.15, 0.2) is 16.9 Å². The van der Waals surface area contributed by atoms with Crippen LogP contribution in [0, 0.1) is 6.92 Å². The number of ether oxygens (including phenoxy) is 2. The van der Waals surface area contributed by atoms with Gasteiger partial charge in [0, 0.05) is 29.7 Å². The van der Waals surface area contributed by atoms with Gasteiger partial charge in [0.2, 0.25) is 6.79 Å². The van der Waals surface area contributed by atoms with Crippen LogP contribution >= 0.6 is 0 Å². The number of aromatic amines is 1. The fourth-order valence-corrected chi connectivity index (χ4v) is 3.92. The Morgan fingerprint density at radius 3 is 2.39 bits per heavy atom. The maximum absolute atomic E-state index is 12.8. The predicted octanol–water partition coefficient (Wildman–Crippen LogP) is 5.41. The molecule has 0 saturated carbocycles. The Morgan fingerprint density at radius 2 is 1.61 bits per heavy atom. The van der Waals surface area contributed by atoms with Crippen LogP contribution in [0.15, 0.2) is 83.8 Å². The molecule has 3 aromatic carbocycles. The number of nitrogens with zero attached hydrogens (tertiary/aromatic N) is 1. The lowest BCUT2D eigenvalue weighted by atomic mass is 10.1. The second kappa shape index (κ2) is 7.69. The third kappa shape index (κ3) is 3.44. The molecule has 154 valence electrons. The van der Waals surface area contributed by atoms with E-state index in [1.165, 1.54) is 5.56 Å². The number of hydrogen-bond acceptors (Lipinski definition) is 3. The van der Waals surface area contributed by atoms with Gasteiger partial charge in [0.05, 0.1) is 16.6 Å². The van der Waals surface area contributed by atoms with Gasteiger partial charge in [-0.25, -0.2) is 0 Å². The molecule has 0 radical (unpaired) electrons. The summed E-state index contributed by atoms with van der Waals surface area (Å²) in [7, 11) is 1.94. The molecule has 0 aliphatic carbocycles. The van der Waals surface area contributed by atoms with Gasteiger partial charge < -0.3 is 19.0 Å². The SMILES string of the molecule is Cc1ccccc1.Cn1cc2c(=O)c3ccccc3[nH]c2c1-c1ccc2c(c1)OCO2.